The van der Waals surface area contributed by atoms with Crippen LogP contribution >= 0.6 is 0 Å². The maximum atomic E-state index is 13.2. The van der Waals surface area contributed by atoms with Crippen LogP contribution in [0.25, 0.3) is 16.6 Å². The summed E-state index contributed by atoms with van der Waals surface area (Å²) in [5.41, 5.74) is 4.83. The first kappa shape index (κ1) is 20.4. The summed E-state index contributed by atoms with van der Waals surface area (Å²) in [4.78, 5) is 24.6. The topological polar surface area (TPSA) is 92.4 Å². The average molecular weight is 433 g/mol. The Morgan fingerprint density at radius 3 is 2.84 bits per heavy atom. The van der Waals surface area contributed by atoms with Crippen LogP contribution in [-0.2, 0) is 7.05 Å². The number of amides is 1. The van der Waals surface area contributed by atoms with E-state index in [-0.39, 0.29) is 5.91 Å². The lowest BCUT2D eigenvalue weighted by Gasteiger charge is -2.20. The molecule has 166 valence electrons. The van der Waals surface area contributed by atoms with Crippen molar-refractivity contribution < 1.29 is 4.79 Å². The minimum absolute atomic E-state index is 0.222. The molecule has 1 amide bonds. The predicted octanol–water partition coefficient (Wildman–Crippen LogP) is 2.53. The van der Waals surface area contributed by atoms with Gasteiger partial charge >= 0.3 is 0 Å². The predicted molar refractivity (Wildman–Crippen MR) is 125 cm³/mol. The van der Waals surface area contributed by atoms with Gasteiger partial charge in [0.1, 0.15) is 5.52 Å². The third-order valence-electron chi connectivity index (χ3n) is 6.10. The molecule has 4 aromatic rings. The first-order valence-corrected chi connectivity index (χ1v) is 10.9. The maximum Gasteiger partial charge on any atom is 0.259 e. The molecule has 1 aliphatic rings. The van der Waals surface area contributed by atoms with Gasteiger partial charge in [-0.3, -0.25) is 14.5 Å². The molecule has 0 spiro atoms. The number of rotatable bonds is 5. The highest BCUT2D eigenvalue weighted by Crippen LogP contribution is 2.32. The Kier molecular flexibility index (Phi) is 5.05. The molecule has 1 fully saturated rings. The third kappa shape index (κ3) is 3.58. The fraction of sp³-hybridized carbons (Fsp3) is 0.391. The van der Waals surface area contributed by atoms with Gasteiger partial charge in [-0.25, -0.2) is 4.98 Å². The minimum Gasteiger partial charge on any atom is -0.371 e. The molecule has 3 aromatic heterocycles. The number of hydrogen-bond acceptors (Lipinski definition) is 6. The number of nitrogens with one attached hydrogen (secondary N) is 2. The molecule has 0 saturated carbocycles. The Bertz CT molecular complexity index is 1320. The van der Waals surface area contributed by atoms with Gasteiger partial charge in [-0.1, -0.05) is 0 Å². The van der Waals surface area contributed by atoms with Crippen molar-refractivity contribution in [2.75, 3.05) is 36.9 Å². The molecule has 1 unspecified atom stereocenters. The molecule has 32 heavy (non-hydrogen) atoms. The van der Waals surface area contributed by atoms with Crippen molar-refractivity contribution in [3.05, 3.63) is 47.7 Å². The highest BCUT2D eigenvalue weighted by Gasteiger charge is 2.25. The van der Waals surface area contributed by atoms with Gasteiger partial charge in [0, 0.05) is 43.6 Å². The van der Waals surface area contributed by atoms with Crippen LogP contribution in [0.4, 0.5) is 11.5 Å². The quantitative estimate of drug-likeness (QED) is 0.504. The van der Waals surface area contributed by atoms with E-state index in [1.54, 1.807) is 4.68 Å². The third-order valence-corrected chi connectivity index (χ3v) is 6.10. The Hall–Kier alpha value is -3.46. The van der Waals surface area contributed by atoms with Gasteiger partial charge in [0.25, 0.3) is 5.91 Å². The van der Waals surface area contributed by atoms with Gasteiger partial charge in [-0.2, -0.15) is 5.10 Å². The zero-order valence-corrected chi connectivity index (χ0v) is 18.9. The average Bonchev–Trinajstić information content (AvgIpc) is 3.45. The Labute approximate surface area is 186 Å². The van der Waals surface area contributed by atoms with Crippen molar-refractivity contribution in [3.63, 3.8) is 0 Å². The number of carbonyl (C=O) groups is 1. The monoisotopic (exact) mass is 432 g/mol. The summed E-state index contributed by atoms with van der Waals surface area (Å²) in [5.74, 6) is 0.903. The zero-order valence-electron chi connectivity index (χ0n) is 18.9. The molecule has 0 bridgehead atoms. The van der Waals surface area contributed by atoms with Crippen LogP contribution in [0, 0.1) is 19.8 Å². The first-order valence-electron chi connectivity index (χ1n) is 10.9. The van der Waals surface area contributed by atoms with Gasteiger partial charge in [0.05, 0.1) is 23.1 Å². The smallest absolute Gasteiger partial charge is 0.259 e. The van der Waals surface area contributed by atoms with Crippen LogP contribution in [0.5, 0.6) is 0 Å². The second kappa shape index (κ2) is 7.90. The van der Waals surface area contributed by atoms with Crippen LogP contribution < -0.4 is 15.5 Å². The highest BCUT2D eigenvalue weighted by atomic mass is 16.1. The molecule has 9 nitrogen and oxygen atoms in total. The minimum atomic E-state index is -0.222. The Morgan fingerprint density at radius 2 is 2.03 bits per heavy atom. The number of nitrogens with zero attached hydrogens (tertiary/aromatic N) is 6. The molecule has 1 aliphatic heterocycles. The summed E-state index contributed by atoms with van der Waals surface area (Å²) >= 11 is 0. The van der Waals surface area contributed by atoms with Crippen molar-refractivity contribution in [1.29, 1.82) is 0 Å². The van der Waals surface area contributed by atoms with Gasteiger partial charge in [-0.05, 0) is 51.9 Å². The Balaban J connectivity index is 1.46. The number of imidazole rings is 1. The number of aryl methyl sites for hydroxylation is 3. The maximum absolute atomic E-state index is 13.2. The lowest BCUT2D eigenvalue weighted by atomic mass is 10.1. The van der Waals surface area contributed by atoms with E-state index in [4.69, 9.17) is 0 Å². The number of carbonyl (C=O) groups excluding carboxylic acids is 1. The summed E-state index contributed by atoms with van der Waals surface area (Å²) in [6.07, 6.45) is 6.86. The lowest BCUT2D eigenvalue weighted by Crippen LogP contribution is -2.24. The first-order chi connectivity index (χ1) is 15.4. The molecule has 1 atom stereocenters. The van der Waals surface area contributed by atoms with Crippen molar-refractivity contribution in [1.82, 2.24) is 29.5 Å². The van der Waals surface area contributed by atoms with E-state index >= 15 is 0 Å². The second-order valence-corrected chi connectivity index (χ2v) is 8.63. The van der Waals surface area contributed by atoms with E-state index in [0.717, 1.165) is 54.2 Å². The van der Waals surface area contributed by atoms with Gasteiger partial charge in [0.15, 0.2) is 11.5 Å². The summed E-state index contributed by atoms with van der Waals surface area (Å²) < 4.78 is 3.66. The largest absolute Gasteiger partial charge is 0.371 e. The number of fused-ring (bicyclic) bond motifs is 2. The summed E-state index contributed by atoms with van der Waals surface area (Å²) in [6, 6.07) is 3.92. The number of benzene rings is 1. The van der Waals surface area contributed by atoms with Crippen LogP contribution in [0.1, 0.15) is 28.2 Å². The summed E-state index contributed by atoms with van der Waals surface area (Å²) in [7, 11) is 3.89. The molecule has 1 saturated heterocycles. The molecule has 5 rings (SSSR count). The van der Waals surface area contributed by atoms with E-state index in [2.05, 4.69) is 30.6 Å². The lowest BCUT2D eigenvalue weighted by molar-refractivity contribution is 0.102. The standard InChI is InChI=1S/C23H28N8O/c1-14-10-31-13-20(26-22(31)15(2)25-14)27-23(32)17-5-6-19(18-12-29(4)28-21(17)18)30-8-7-16(11-30)9-24-3/h5-6,10,12-13,16,24H,7-9,11H2,1-4H3,(H,27,32). The van der Waals surface area contributed by atoms with Crippen LogP contribution in [0.15, 0.2) is 30.7 Å². The molecule has 1 aromatic carbocycles. The van der Waals surface area contributed by atoms with Gasteiger partial charge in [0.2, 0.25) is 0 Å². The molecule has 0 aliphatic carbocycles. The van der Waals surface area contributed by atoms with Crippen molar-refractivity contribution >= 4 is 34.0 Å². The fourth-order valence-electron chi connectivity index (χ4n) is 4.72. The van der Waals surface area contributed by atoms with Crippen molar-refractivity contribution in [2.45, 2.75) is 20.3 Å². The number of anilines is 2. The van der Waals surface area contributed by atoms with Crippen molar-refractivity contribution in [2.24, 2.45) is 13.0 Å². The molecule has 2 N–H and O–H groups in total. The van der Waals surface area contributed by atoms with E-state index in [0.29, 0.717) is 22.8 Å². The van der Waals surface area contributed by atoms with Crippen LogP contribution in [-0.4, -0.2) is 56.7 Å². The summed E-state index contributed by atoms with van der Waals surface area (Å²) in [6.45, 7) is 6.88. The highest BCUT2D eigenvalue weighted by molar-refractivity contribution is 6.13. The van der Waals surface area contributed by atoms with Gasteiger partial charge in [-0.15, -0.1) is 0 Å². The molecular weight excluding hydrogens is 404 g/mol. The van der Waals surface area contributed by atoms with E-state index < -0.39 is 0 Å². The normalized spacial score (nSPS) is 16.4. The van der Waals surface area contributed by atoms with E-state index in [9.17, 15) is 4.79 Å². The number of hydrogen-bond donors (Lipinski definition) is 2. The van der Waals surface area contributed by atoms with E-state index in [1.807, 2.05) is 63.1 Å². The zero-order chi connectivity index (χ0) is 22.4. The number of aromatic nitrogens is 5. The SMILES string of the molecule is CNCC1CCN(c2ccc(C(=O)Nc3cn4cc(C)nc(C)c4n3)c3nn(C)cc23)C1. The fourth-order valence-corrected chi connectivity index (χ4v) is 4.72. The van der Waals surface area contributed by atoms with Crippen LogP contribution in [0.3, 0.4) is 0 Å². The molecule has 4 heterocycles. The summed E-state index contributed by atoms with van der Waals surface area (Å²) in [5, 5.41) is 11.8. The molecular formula is C23H28N8O. The molecule has 0 radical (unpaired) electrons. The van der Waals surface area contributed by atoms with Crippen LogP contribution in [0.2, 0.25) is 0 Å². The Morgan fingerprint density at radius 1 is 1.19 bits per heavy atom. The van der Waals surface area contributed by atoms with E-state index in [1.165, 1.54) is 0 Å². The molecule has 9 heteroatoms. The van der Waals surface area contributed by atoms with Crippen molar-refractivity contribution in [3.8, 4) is 0 Å². The van der Waals surface area contributed by atoms with Gasteiger partial charge < -0.3 is 19.9 Å². The second-order valence-electron chi connectivity index (χ2n) is 8.63.